The third-order valence-electron chi connectivity index (χ3n) is 3.90. The maximum absolute atomic E-state index is 12.9. The van der Waals surface area contributed by atoms with Crippen LogP contribution in [0, 0.1) is 5.82 Å². The zero-order valence-electron chi connectivity index (χ0n) is 13.3. The van der Waals surface area contributed by atoms with E-state index in [1.807, 2.05) is 19.1 Å². The smallest absolute Gasteiger partial charge is 0.171 e. The van der Waals surface area contributed by atoms with Crippen LogP contribution in [-0.2, 0) is 6.54 Å². The first-order valence-electron chi connectivity index (χ1n) is 7.92. The number of rotatable bonds is 5. The van der Waals surface area contributed by atoms with Crippen LogP contribution in [0.4, 0.5) is 10.2 Å². The first kappa shape index (κ1) is 15.7. The lowest BCUT2D eigenvalue weighted by Gasteiger charge is -2.35. The third-order valence-corrected chi connectivity index (χ3v) is 3.90. The standard InChI is InChI=1S/C17H21FN4O/c1-2-23-16-4-3-7-19-17(16)22-10-8-21(9-11-22)13-15-6-5-14(18)12-20-15/h3-7,12H,2,8-11,13H2,1H3. The number of pyridine rings is 2. The van der Waals surface area contributed by atoms with E-state index in [4.69, 9.17) is 4.74 Å². The highest BCUT2D eigenvalue weighted by molar-refractivity contribution is 5.52. The minimum Gasteiger partial charge on any atom is -0.490 e. The number of ether oxygens (including phenoxy) is 1. The lowest BCUT2D eigenvalue weighted by molar-refractivity contribution is 0.245. The quantitative estimate of drug-likeness (QED) is 0.847. The topological polar surface area (TPSA) is 41.5 Å². The van der Waals surface area contributed by atoms with Crippen LogP contribution in [0.1, 0.15) is 12.6 Å². The molecule has 3 rings (SSSR count). The van der Waals surface area contributed by atoms with Crippen LogP contribution < -0.4 is 9.64 Å². The monoisotopic (exact) mass is 316 g/mol. The minimum absolute atomic E-state index is 0.294. The Morgan fingerprint density at radius 2 is 1.96 bits per heavy atom. The molecular formula is C17H21FN4O. The van der Waals surface area contributed by atoms with E-state index < -0.39 is 0 Å². The maximum atomic E-state index is 12.9. The van der Waals surface area contributed by atoms with Crippen LogP contribution in [0.25, 0.3) is 0 Å². The van der Waals surface area contributed by atoms with Gasteiger partial charge in [-0.2, -0.15) is 0 Å². The SMILES string of the molecule is CCOc1cccnc1N1CCN(Cc2ccc(F)cn2)CC1. The normalized spacial score (nSPS) is 15.7. The van der Waals surface area contributed by atoms with E-state index in [0.717, 1.165) is 50.0 Å². The fourth-order valence-electron chi connectivity index (χ4n) is 2.73. The van der Waals surface area contributed by atoms with Crippen molar-refractivity contribution < 1.29 is 9.13 Å². The predicted molar refractivity (Wildman–Crippen MR) is 87.1 cm³/mol. The highest BCUT2D eigenvalue weighted by atomic mass is 19.1. The molecule has 0 aliphatic carbocycles. The Morgan fingerprint density at radius 1 is 1.13 bits per heavy atom. The summed E-state index contributed by atoms with van der Waals surface area (Å²) in [5.74, 6) is 1.45. The molecule has 0 radical (unpaired) electrons. The van der Waals surface area contributed by atoms with Gasteiger partial charge in [0.15, 0.2) is 11.6 Å². The summed E-state index contributed by atoms with van der Waals surface area (Å²) < 4.78 is 18.6. The fraction of sp³-hybridized carbons (Fsp3) is 0.412. The highest BCUT2D eigenvalue weighted by Gasteiger charge is 2.20. The van der Waals surface area contributed by atoms with Crippen molar-refractivity contribution in [3.05, 3.63) is 48.2 Å². The van der Waals surface area contributed by atoms with Crippen molar-refractivity contribution in [3.63, 3.8) is 0 Å². The molecule has 0 atom stereocenters. The van der Waals surface area contributed by atoms with Gasteiger partial charge in [-0.1, -0.05) is 0 Å². The summed E-state index contributed by atoms with van der Waals surface area (Å²) in [5.41, 5.74) is 0.896. The predicted octanol–water partition coefficient (Wildman–Crippen LogP) is 2.34. The van der Waals surface area contributed by atoms with Crippen LogP contribution in [0.15, 0.2) is 36.7 Å². The minimum atomic E-state index is -0.294. The van der Waals surface area contributed by atoms with Crippen LogP contribution >= 0.6 is 0 Å². The number of nitrogens with zero attached hydrogens (tertiary/aromatic N) is 4. The summed E-state index contributed by atoms with van der Waals surface area (Å²) >= 11 is 0. The number of aromatic nitrogens is 2. The Bertz CT molecular complexity index is 627. The molecule has 2 aromatic rings. The van der Waals surface area contributed by atoms with E-state index in [1.165, 1.54) is 12.3 Å². The van der Waals surface area contributed by atoms with Crippen molar-refractivity contribution in [1.82, 2.24) is 14.9 Å². The zero-order chi connectivity index (χ0) is 16.1. The molecule has 0 bridgehead atoms. The average Bonchev–Trinajstić information content (AvgIpc) is 2.59. The van der Waals surface area contributed by atoms with Crippen molar-refractivity contribution >= 4 is 5.82 Å². The Hall–Kier alpha value is -2.21. The second-order valence-electron chi connectivity index (χ2n) is 5.49. The second-order valence-corrected chi connectivity index (χ2v) is 5.49. The van der Waals surface area contributed by atoms with Gasteiger partial charge in [0, 0.05) is 38.9 Å². The van der Waals surface area contributed by atoms with Crippen LogP contribution in [0.5, 0.6) is 5.75 Å². The van der Waals surface area contributed by atoms with Gasteiger partial charge in [0.05, 0.1) is 18.5 Å². The molecule has 0 aromatic carbocycles. The number of hydrogen-bond acceptors (Lipinski definition) is 5. The van der Waals surface area contributed by atoms with Crippen molar-refractivity contribution in [2.45, 2.75) is 13.5 Å². The highest BCUT2D eigenvalue weighted by Crippen LogP contribution is 2.26. The Morgan fingerprint density at radius 3 is 2.65 bits per heavy atom. The van der Waals surface area contributed by atoms with Gasteiger partial charge in [-0.25, -0.2) is 9.37 Å². The molecule has 0 unspecified atom stereocenters. The Kier molecular flexibility index (Phi) is 5.02. The molecule has 0 N–H and O–H groups in total. The van der Waals surface area contributed by atoms with E-state index in [0.29, 0.717) is 6.61 Å². The van der Waals surface area contributed by atoms with Crippen molar-refractivity contribution in [3.8, 4) is 5.75 Å². The molecule has 1 fully saturated rings. The summed E-state index contributed by atoms with van der Waals surface area (Å²) in [6.45, 7) is 6.97. The van der Waals surface area contributed by atoms with Crippen LogP contribution in [0.2, 0.25) is 0 Å². The molecular weight excluding hydrogens is 295 g/mol. The summed E-state index contributed by atoms with van der Waals surface area (Å²) in [4.78, 5) is 13.2. The molecule has 5 nitrogen and oxygen atoms in total. The molecule has 1 aliphatic rings. The van der Waals surface area contributed by atoms with Crippen LogP contribution in [0.3, 0.4) is 0 Å². The van der Waals surface area contributed by atoms with Crippen LogP contribution in [-0.4, -0.2) is 47.7 Å². The number of piperazine rings is 1. The summed E-state index contributed by atoms with van der Waals surface area (Å²) in [6, 6.07) is 7.06. The number of hydrogen-bond donors (Lipinski definition) is 0. The van der Waals surface area contributed by atoms with Gasteiger partial charge in [-0.3, -0.25) is 9.88 Å². The molecule has 0 spiro atoms. The van der Waals surface area contributed by atoms with E-state index >= 15 is 0 Å². The van der Waals surface area contributed by atoms with Gasteiger partial charge in [-0.05, 0) is 31.2 Å². The van der Waals surface area contributed by atoms with Crippen molar-refractivity contribution in [2.75, 3.05) is 37.7 Å². The number of anilines is 1. The molecule has 0 saturated carbocycles. The Labute approximate surface area is 135 Å². The average molecular weight is 316 g/mol. The molecule has 1 aliphatic heterocycles. The lowest BCUT2D eigenvalue weighted by atomic mass is 10.2. The summed E-state index contributed by atoms with van der Waals surface area (Å²) in [6.07, 6.45) is 3.07. The molecule has 23 heavy (non-hydrogen) atoms. The van der Waals surface area contributed by atoms with Gasteiger partial charge < -0.3 is 9.64 Å². The summed E-state index contributed by atoms with van der Waals surface area (Å²) in [7, 11) is 0. The van der Waals surface area contributed by atoms with Gasteiger partial charge in [0.25, 0.3) is 0 Å². The maximum Gasteiger partial charge on any atom is 0.171 e. The van der Waals surface area contributed by atoms with E-state index in [-0.39, 0.29) is 5.82 Å². The molecule has 6 heteroatoms. The van der Waals surface area contributed by atoms with E-state index in [9.17, 15) is 4.39 Å². The summed E-state index contributed by atoms with van der Waals surface area (Å²) in [5, 5.41) is 0. The molecule has 0 amide bonds. The third kappa shape index (κ3) is 3.96. The van der Waals surface area contributed by atoms with E-state index in [2.05, 4.69) is 19.8 Å². The molecule has 122 valence electrons. The van der Waals surface area contributed by atoms with E-state index in [1.54, 1.807) is 12.3 Å². The lowest BCUT2D eigenvalue weighted by Crippen LogP contribution is -2.46. The van der Waals surface area contributed by atoms with Crippen molar-refractivity contribution in [2.24, 2.45) is 0 Å². The Balaban J connectivity index is 1.59. The largest absolute Gasteiger partial charge is 0.490 e. The van der Waals surface area contributed by atoms with Gasteiger partial charge in [0.2, 0.25) is 0 Å². The number of halogens is 1. The molecule has 1 saturated heterocycles. The first-order chi connectivity index (χ1) is 11.3. The zero-order valence-corrected chi connectivity index (χ0v) is 13.3. The second kappa shape index (κ2) is 7.37. The molecule has 3 heterocycles. The van der Waals surface area contributed by atoms with Gasteiger partial charge >= 0.3 is 0 Å². The first-order valence-corrected chi connectivity index (χ1v) is 7.92. The van der Waals surface area contributed by atoms with Crippen molar-refractivity contribution in [1.29, 1.82) is 0 Å². The fourth-order valence-corrected chi connectivity index (χ4v) is 2.73. The molecule has 2 aromatic heterocycles. The van der Waals surface area contributed by atoms with Gasteiger partial charge in [0.1, 0.15) is 5.82 Å². The van der Waals surface area contributed by atoms with Gasteiger partial charge in [-0.15, -0.1) is 0 Å².